The molecule has 4 nitrogen and oxygen atoms in total. The predicted molar refractivity (Wildman–Crippen MR) is 260 cm³/mol. The van der Waals surface area contributed by atoms with E-state index in [1.807, 2.05) is 17.4 Å². The van der Waals surface area contributed by atoms with Crippen LogP contribution in [0.2, 0.25) is 19.6 Å². The number of fused-ring (bicyclic) bond motifs is 4. The summed E-state index contributed by atoms with van der Waals surface area (Å²) >= 11 is 1.83. The van der Waals surface area contributed by atoms with Gasteiger partial charge in [-0.05, 0) is 110 Å². The molecule has 61 heavy (non-hydrogen) atoms. The fraction of sp³-hybridized carbons (Fsp3) is 0.241. The molecule has 0 amide bonds. The van der Waals surface area contributed by atoms with Crippen LogP contribution in [-0.4, -0.2) is 27.6 Å². The van der Waals surface area contributed by atoms with Crippen LogP contribution in [0.15, 0.2) is 134 Å². The Balaban J connectivity index is 0.000000226. The molecule has 4 aromatic heterocycles. The van der Waals surface area contributed by atoms with Crippen molar-refractivity contribution < 1.29 is 20.1 Å². The molecular formula is C54H54IrN4SSi-2. The van der Waals surface area contributed by atoms with E-state index in [2.05, 4.69) is 203 Å². The standard InChI is InChI=1S/C37H31N2S.C17H23N2Si.Ir/c1-23(2)30-21-26(25-13-6-5-7-14-25)22-31(24(3)4)35(30)39-33-19-10-9-18-32(33)38-37(39)29-17-12-16-28-27-15-8-11-20-34(27)40-36(28)29;1-13(2)10-15-11-16(14-6-8-18-9-7-14)19-12-17(15)20(3,4)5;/h5-16,18-24H,1-4H3;6,8-9,11-13H,10H2,1-5H3;/q2*-1;. The van der Waals surface area contributed by atoms with Crippen LogP contribution < -0.4 is 5.19 Å². The van der Waals surface area contributed by atoms with Crippen molar-refractivity contribution in [2.45, 2.75) is 79.4 Å². The number of hydrogen-bond acceptors (Lipinski definition) is 4. The number of pyridine rings is 2. The third-order valence-corrected chi connectivity index (χ3v) is 14.5. The average Bonchev–Trinajstić information content (AvgIpc) is 3.82. The number of para-hydroxylation sites is 2. The molecule has 0 atom stereocenters. The topological polar surface area (TPSA) is 43.6 Å². The van der Waals surface area contributed by atoms with E-state index >= 15 is 0 Å². The van der Waals surface area contributed by atoms with Gasteiger partial charge in [-0.2, -0.15) is 23.0 Å². The van der Waals surface area contributed by atoms with Crippen molar-refractivity contribution in [1.29, 1.82) is 0 Å². The maximum atomic E-state index is 5.30. The smallest absolute Gasteiger partial charge is 0.0798 e. The number of imidazole rings is 1. The second kappa shape index (κ2) is 18.5. The number of rotatable bonds is 9. The summed E-state index contributed by atoms with van der Waals surface area (Å²) in [7, 11) is -1.35. The number of aromatic nitrogens is 4. The van der Waals surface area contributed by atoms with Crippen LogP contribution in [-0.2, 0) is 26.5 Å². The van der Waals surface area contributed by atoms with E-state index < -0.39 is 8.07 Å². The summed E-state index contributed by atoms with van der Waals surface area (Å²) in [6.45, 7) is 20.9. The minimum absolute atomic E-state index is 0. The summed E-state index contributed by atoms with van der Waals surface area (Å²) in [4.78, 5) is 14.0. The van der Waals surface area contributed by atoms with Crippen molar-refractivity contribution in [2.24, 2.45) is 5.92 Å². The van der Waals surface area contributed by atoms with Crippen LogP contribution in [0.4, 0.5) is 0 Å². The van der Waals surface area contributed by atoms with Crippen LogP contribution in [0.5, 0.6) is 0 Å². The van der Waals surface area contributed by atoms with Crippen LogP contribution >= 0.6 is 11.3 Å². The predicted octanol–water partition coefficient (Wildman–Crippen LogP) is 14.5. The van der Waals surface area contributed by atoms with Crippen molar-refractivity contribution in [1.82, 2.24) is 19.5 Å². The van der Waals surface area contributed by atoms with Crippen LogP contribution in [0.1, 0.15) is 70.1 Å². The van der Waals surface area contributed by atoms with Crippen LogP contribution in [0, 0.1) is 18.1 Å². The first kappa shape index (κ1) is 44.0. The number of nitrogens with zero attached hydrogens (tertiary/aromatic N) is 4. The minimum atomic E-state index is -1.35. The van der Waals surface area contributed by atoms with Gasteiger partial charge in [0.05, 0.1) is 24.9 Å². The molecule has 0 fully saturated rings. The van der Waals surface area contributed by atoms with Crippen molar-refractivity contribution >= 4 is 55.8 Å². The second-order valence-electron chi connectivity index (χ2n) is 17.9. The van der Waals surface area contributed by atoms with Crippen molar-refractivity contribution in [3.8, 4) is 39.5 Å². The Morgan fingerprint density at radius 3 is 2.08 bits per heavy atom. The van der Waals surface area contributed by atoms with E-state index in [4.69, 9.17) is 4.98 Å². The Bertz CT molecular complexity index is 2900. The molecule has 0 saturated carbocycles. The summed E-state index contributed by atoms with van der Waals surface area (Å²) in [6.07, 6.45) is 6.70. The third-order valence-electron chi connectivity index (χ3n) is 11.2. The largest absolute Gasteiger partial charge is 0.333 e. The van der Waals surface area contributed by atoms with Gasteiger partial charge in [0.1, 0.15) is 0 Å². The van der Waals surface area contributed by atoms with Crippen molar-refractivity contribution in [3.63, 3.8) is 0 Å². The van der Waals surface area contributed by atoms with Gasteiger partial charge in [-0.1, -0.05) is 144 Å². The molecule has 9 aromatic rings. The molecule has 0 aliphatic heterocycles. The van der Waals surface area contributed by atoms with Crippen molar-refractivity contribution in [3.05, 3.63) is 163 Å². The number of hydrogen-bond donors (Lipinski definition) is 0. The van der Waals surface area contributed by atoms with Gasteiger partial charge in [-0.25, -0.2) is 0 Å². The third kappa shape index (κ3) is 9.13. The van der Waals surface area contributed by atoms with E-state index in [1.54, 1.807) is 12.4 Å². The molecule has 0 aliphatic rings. The summed E-state index contributed by atoms with van der Waals surface area (Å²) in [5, 5.41) is 4.03. The Morgan fingerprint density at radius 2 is 1.41 bits per heavy atom. The molecule has 5 aromatic carbocycles. The van der Waals surface area contributed by atoms with E-state index in [0.717, 1.165) is 40.1 Å². The average molecular weight is 1010 g/mol. The molecular weight excluding hydrogens is 957 g/mol. The molecule has 0 bridgehead atoms. The SMILES string of the molecule is CC(C)Cc1cc(-c2[c-]cncc2)ncc1[Si](C)(C)C.CC(C)c1cc(-c2ccccc2)cc(C(C)C)c1-n1c(-c2[c-]ccc3c2sc2ccccc23)nc2ccccc21.[Ir]. The van der Waals surface area contributed by atoms with Gasteiger partial charge >= 0.3 is 0 Å². The summed E-state index contributed by atoms with van der Waals surface area (Å²) in [6, 6.07) is 48.0. The number of thiophene rings is 1. The summed E-state index contributed by atoms with van der Waals surface area (Å²) < 4.78 is 4.95. The molecule has 311 valence electrons. The number of benzene rings is 5. The van der Waals surface area contributed by atoms with Gasteiger partial charge < -0.3 is 9.55 Å². The Hall–Kier alpha value is -5.04. The zero-order chi connectivity index (χ0) is 42.1. The fourth-order valence-electron chi connectivity index (χ4n) is 8.30. The molecule has 4 heterocycles. The Morgan fingerprint density at radius 1 is 0.721 bits per heavy atom. The van der Waals surface area contributed by atoms with Gasteiger partial charge in [0.15, 0.2) is 0 Å². The minimum Gasteiger partial charge on any atom is -0.333 e. The molecule has 1 radical (unpaired) electrons. The molecule has 9 rings (SSSR count). The molecule has 0 unspecified atom stereocenters. The quantitative estimate of drug-likeness (QED) is 0.107. The first-order valence-corrected chi connectivity index (χ1v) is 25.6. The molecule has 0 aliphatic carbocycles. The van der Waals surface area contributed by atoms with E-state index in [-0.39, 0.29) is 20.1 Å². The molecule has 0 N–H and O–H groups in total. The first-order valence-electron chi connectivity index (χ1n) is 21.2. The second-order valence-corrected chi connectivity index (χ2v) is 23.9. The molecule has 7 heteroatoms. The van der Waals surface area contributed by atoms with Gasteiger partial charge in [0.2, 0.25) is 0 Å². The van der Waals surface area contributed by atoms with E-state index in [1.165, 1.54) is 58.9 Å². The monoisotopic (exact) mass is 1010 g/mol. The van der Waals surface area contributed by atoms with Crippen molar-refractivity contribution in [2.75, 3.05) is 0 Å². The normalized spacial score (nSPS) is 11.7. The van der Waals surface area contributed by atoms with Crippen LogP contribution in [0.25, 0.3) is 70.7 Å². The fourth-order valence-corrected chi connectivity index (χ4v) is 11.1. The maximum Gasteiger partial charge on any atom is 0.0798 e. The van der Waals surface area contributed by atoms with E-state index in [0.29, 0.717) is 17.8 Å². The zero-order valence-electron chi connectivity index (χ0n) is 36.7. The van der Waals surface area contributed by atoms with Crippen LogP contribution in [0.3, 0.4) is 0 Å². The van der Waals surface area contributed by atoms with Gasteiger partial charge in [-0.15, -0.1) is 24.3 Å². The van der Waals surface area contributed by atoms with Gasteiger partial charge in [-0.3, -0.25) is 9.97 Å². The Labute approximate surface area is 380 Å². The summed E-state index contributed by atoms with van der Waals surface area (Å²) in [5.74, 6) is 2.26. The zero-order valence-corrected chi connectivity index (χ0v) is 40.9. The first-order chi connectivity index (χ1) is 28.9. The molecule has 0 saturated heterocycles. The van der Waals surface area contributed by atoms with Gasteiger partial charge in [0, 0.05) is 36.7 Å². The molecule has 0 spiro atoms. The Kier molecular flexibility index (Phi) is 13.4. The van der Waals surface area contributed by atoms with Gasteiger partial charge in [0.25, 0.3) is 0 Å². The summed E-state index contributed by atoms with van der Waals surface area (Å²) in [5.41, 5.74) is 13.1. The van der Waals surface area contributed by atoms with E-state index in [9.17, 15) is 0 Å². The maximum absolute atomic E-state index is 5.30.